The summed E-state index contributed by atoms with van der Waals surface area (Å²) in [5, 5.41) is 15.4. The van der Waals surface area contributed by atoms with Crippen LogP contribution >= 0.6 is 22.9 Å². The summed E-state index contributed by atoms with van der Waals surface area (Å²) in [5.74, 6) is 0.0369. The number of aromatic nitrogens is 1. The number of hydrogen-bond acceptors (Lipinski definition) is 5. The predicted molar refractivity (Wildman–Crippen MR) is 86.3 cm³/mol. The molecular formula is C14H16ClN3O2S. The van der Waals surface area contributed by atoms with Crippen LogP contribution in [-0.2, 0) is 11.3 Å². The first kappa shape index (κ1) is 15.6. The summed E-state index contributed by atoms with van der Waals surface area (Å²) in [4.78, 5) is 17.5. The second-order valence-corrected chi connectivity index (χ2v) is 5.65. The van der Waals surface area contributed by atoms with Gasteiger partial charge < -0.3 is 10.4 Å². The molecule has 0 bridgehead atoms. The SMILES string of the molecule is CCN(C(C)=O)c1nc(CNc2ccc(O)c(Cl)c2)cs1. The van der Waals surface area contributed by atoms with E-state index in [9.17, 15) is 9.90 Å². The van der Waals surface area contributed by atoms with Crippen LogP contribution in [0.1, 0.15) is 19.5 Å². The van der Waals surface area contributed by atoms with Crippen LogP contribution in [0.5, 0.6) is 5.75 Å². The molecule has 0 unspecified atom stereocenters. The zero-order valence-corrected chi connectivity index (χ0v) is 13.3. The van der Waals surface area contributed by atoms with Crippen LogP contribution in [0.25, 0.3) is 0 Å². The van der Waals surface area contributed by atoms with Crippen LogP contribution < -0.4 is 10.2 Å². The molecule has 7 heteroatoms. The van der Waals surface area contributed by atoms with Gasteiger partial charge in [-0.15, -0.1) is 11.3 Å². The van der Waals surface area contributed by atoms with E-state index in [-0.39, 0.29) is 11.7 Å². The number of benzene rings is 1. The molecule has 0 saturated heterocycles. The van der Waals surface area contributed by atoms with Crippen molar-refractivity contribution in [1.29, 1.82) is 0 Å². The predicted octanol–water partition coefficient (Wildman–Crippen LogP) is 3.49. The third kappa shape index (κ3) is 3.86. The van der Waals surface area contributed by atoms with E-state index in [2.05, 4.69) is 10.3 Å². The maximum absolute atomic E-state index is 11.5. The number of halogens is 1. The van der Waals surface area contributed by atoms with E-state index in [0.29, 0.717) is 23.2 Å². The van der Waals surface area contributed by atoms with Gasteiger partial charge in [-0.25, -0.2) is 4.98 Å². The molecule has 0 aliphatic rings. The molecule has 112 valence electrons. The van der Waals surface area contributed by atoms with Gasteiger partial charge in [0.2, 0.25) is 5.91 Å². The molecule has 5 nitrogen and oxygen atoms in total. The highest BCUT2D eigenvalue weighted by Crippen LogP contribution is 2.27. The molecule has 2 aromatic rings. The van der Waals surface area contributed by atoms with Crippen LogP contribution in [0.2, 0.25) is 5.02 Å². The van der Waals surface area contributed by atoms with Gasteiger partial charge in [0.05, 0.1) is 17.3 Å². The van der Waals surface area contributed by atoms with Crippen molar-refractivity contribution in [3.8, 4) is 5.75 Å². The summed E-state index contributed by atoms with van der Waals surface area (Å²) in [5.41, 5.74) is 1.64. The van der Waals surface area contributed by atoms with Gasteiger partial charge in [-0.2, -0.15) is 0 Å². The Kier molecular flexibility index (Phi) is 5.03. The third-order valence-electron chi connectivity index (χ3n) is 2.89. The van der Waals surface area contributed by atoms with Gasteiger partial charge in [-0.3, -0.25) is 9.69 Å². The summed E-state index contributed by atoms with van der Waals surface area (Å²) < 4.78 is 0. The monoisotopic (exact) mass is 325 g/mol. The average Bonchev–Trinajstić information content (AvgIpc) is 2.89. The smallest absolute Gasteiger partial charge is 0.225 e. The van der Waals surface area contributed by atoms with E-state index in [1.54, 1.807) is 17.0 Å². The van der Waals surface area contributed by atoms with E-state index in [1.807, 2.05) is 12.3 Å². The first-order valence-corrected chi connectivity index (χ1v) is 7.72. The summed E-state index contributed by atoms with van der Waals surface area (Å²) in [6.07, 6.45) is 0. The number of carbonyl (C=O) groups excluding carboxylic acids is 1. The number of nitrogens with one attached hydrogen (secondary N) is 1. The van der Waals surface area contributed by atoms with Crippen LogP contribution in [0.4, 0.5) is 10.8 Å². The number of rotatable bonds is 5. The van der Waals surface area contributed by atoms with Gasteiger partial charge in [0.1, 0.15) is 5.75 Å². The van der Waals surface area contributed by atoms with E-state index < -0.39 is 0 Å². The molecule has 0 aliphatic carbocycles. The molecule has 1 amide bonds. The van der Waals surface area contributed by atoms with Crippen molar-refractivity contribution in [2.24, 2.45) is 0 Å². The lowest BCUT2D eigenvalue weighted by molar-refractivity contribution is -0.116. The van der Waals surface area contributed by atoms with Crippen LogP contribution in [0, 0.1) is 0 Å². The van der Waals surface area contributed by atoms with Gasteiger partial charge in [0, 0.05) is 24.5 Å². The van der Waals surface area contributed by atoms with Crippen molar-refractivity contribution < 1.29 is 9.90 Å². The molecule has 2 rings (SSSR count). The molecule has 0 aliphatic heterocycles. The van der Waals surface area contributed by atoms with Crippen molar-refractivity contribution in [2.75, 3.05) is 16.8 Å². The number of amides is 1. The Morgan fingerprint density at radius 3 is 2.90 bits per heavy atom. The van der Waals surface area contributed by atoms with Gasteiger partial charge in [0.15, 0.2) is 5.13 Å². The maximum Gasteiger partial charge on any atom is 0.225 e. The zero-order chi connectivity index (χ0) is 15.4. The Balaban J connectivity index is 2.02. The highest BCUT2D eigenvalue weighted by Gasteiger charge is 2.13. The number of aromatic hydroxyl groups is 1. The first-order valence-electron chi connectivity index (χ1n) is 6.46. The minimum absolute atomic E-state index is 0.0170. The Bertz CT molecular complexity index is 645. The van der Waals surface area contributed by atoms with E-state index in [4.69, 9.17) is 11.6 Å². The Morgan fingerprint density at radius 1 is 1.52 bits per heavy atom. The molecule has 1 aromatic carbocycles. The normalized spacial score (nSPS) is 10.4. The van der Waals surface area contributed by atoms with Crippen molar-refractivity contribution in [3.05, 3.63) is 34.3 Å². The van der Waals surface area contributed by atoms with E-state index >= 15 is 0 Å². The van der Waals surface area contributed by atoms with E-state index in [0.717, 1.165) is 11.4 Å². The third-order valence-corrected chi connectivity index (χ3v) is 4.10. The molecule has 0 saturated carbocycles. The molecule has 21 heavy (non-hydrogen) atoms. The van der Waals surface area contributed by atoms with Crippen LogP contribution in [-0.4, -0.2) is 22.5 Å². The highest BCUT2D eigenvalue weighted by molar-refractivity contribution is 7.14. The summed E-state index contributed by atoms with van der Waals surface area (Å²) in [7, 11) is 0. The standard InChI is InChI=1S/C14H16ClN3O2S/c1-3-18(9(2)19)14-17-11(8-21-14)7-16-10-4-5-13(20)12(15)6-10/h4-6,8,16,20H,3,7H2,1-2H3. The molecule has 0 fully saturated rings. The maximum atomic E-state index is 11.5. The molecule has 1 aromatic heterocycles. The number of carbonyl (C=O) groups is 1. The number of hydrogen-bond donors (Lipinski definition) is 2. The fourth-order valence-corrected chi connectivity index (χ4v) is 2.92. The Morgan fingerprint density at radius 2 is 2.29 bits per heavy atom. The number of anilines is 2. The summed E-state index contributed by atoms with van der Waals surface area (Å²) >= 11 is 7.29. The van der Waals surface area contributed by atoms with Gasteiger partial charge in [-0.05, 0) is 25.1 Å². The Labute approximate surface area is 132 Å². The lowest BCUT2D eigenvalue weighted by atomic mass is 10.3. The van der Waals surface area contributed by atoms with Crippen molar-refractivity contribution in [2.45, 2.75) is 20.4 Å². The summed E-state index contributed by atoms with van der Waals surface area (Å²) in [6, 6.07) is 4.92. The van der Waals surface area contributed by atoms with Gasteiger partial charge in [0.25, 0.3) is 0 Å². The first-order chi connectivity index (χ1) is 10.0. The average molecular weight is 326 g/mol. The fraction of sp³-hybridized carbons (Fsp3) is 0.286. The second kappa shape index (κ2) is 6.78. The number of phenolic OH excluding ortho intramolecular Hbond substituents is 1. The largest absolute Gasteiger partial charge is 0.506 e. The minimum Gasteiger partial charge on any atom is -0.506 e. The fourth-order valence-electron chi connectivity index (χ4n) is 1.80. The van der Waals surface area contributed by atoms with E-state index in [1.165, 1.54) is 24.3 Å². The van der Waals surface area contributed by atoms with Crippen molar-refractivity contribution in [1.82, 2.24) is 4.98 Å². The molecule has 2 N–H and O–H groups in total. The lowest BCUT2D eigenvalue weighted by Gasteiger charge is -2.14. The molecule has 1 heterocycles. The van der Waals surface area contributed by atoms with Crippen molar-refractivity contribution >= 4 is 39.7 Å². The molecule has 0 spiro atoms. The molecule has 0 radical (unpaired) electrons. The highest BCUT2D eigenvalue weighted by atomic mass is 35.5. The number of nitrogens with zero attached hydrogens (tertiary/aromatic N) is 2. The molecular weight excluding hydrogens is 310 g/mol. The molecule has 0 atom stereocenters. The topological polar surface area (TPSA) is 65.5 Å². The second-order valence-electron chi connectivity index (χ2n) is 4.40. The van der Waals surface area contributed by atoms with Crippen LogP contribution in [0.15, 0.2) is 23.6 Å². The zero-order valence-electron chi connectivity index (χ0n) is 11.8. The van der Waals surface area contributed by atoms with Gasteiger partial charge >= 0.3 is 0 Å². The number of thiazole rings is 1. The van der Waals surface area contributed by atoms with Crippen molar-refractivity contribution in [3.63, 3.8) is 0 Å². The summed E-state index contributed by atoms with van der Waals surface area (Å²) in [6.45, 7) is 4.57. The quantitative estimate of drug-likeness (QED) is 0.826. The lowest BCUT2D eigenvalue weighted by Crippen LogP contribution is -2.27. The van der Waals surface area contributed by atoms with Gasteiger partial charge in [-0.1, -0.05) is 11.6 Å². The minimum atomic E-state index is -0.0170. The Hall–Kier alpha value is -1.79. The number of phenols is 1. The van der Waals surface area contributed by atoms with Crippen LogP contribution in [0.3, 0.4) is 0 Å².